The van der Waals surface area contributed by atoms with Crippen molar-refractivity contribution in [2.45, 2.75) is 105 Å². The lowest BCUT2D eigenvalue weighted by Gasteiger charge is -2.39. The second-order valence-corrected chi connectivity index (χ2v) is 19.5. The number of hydrogen-bond donors (Lipinski definition) is 0. The molecule has 4 aliphatic rings. The van der Waals surface area contributed by atoms with Crippen molar-refractivity contribution in [2.75, 3.05) is 4.90 Å². The van der Waals surface area contributed by atoms with Crippen LogP contribution in [-0.2, 0) is 29.1 Å². The van der Waals surface area contributed by atoms with E-state index in [4.69, 9.17) is 4.42 Å². The van der Waals surface area contributed by atoms with Crippen LogP contribution in [0.1, 0.15) is 108 Å². The summed E-state index contributed by atoms with van der Waals surface area (Å²) in [6.45, 7) is 26.0. The van der Waals surface area contributed by atoms with E-state index in [0.717, 1.165) is 18.7 Å². The van der Waals surface area contributed by atoms with E-state index >= 15 is 0 Å². The number of aryl methyl sites for hydroxylation is 1. The highest BCUT2D eigenvalue weighted by atomic mass is 16.4. The summed E-state index contributed by atoms with van der Waals surface area (Å²) in [6.07, 6.45) is 2.00. The molecule has 2 aliphatic heterocycles. The molecule has 0 saturated heterocycles. The highest BCUT2D eigenvalue weighted by Crippen LogP contribution is 2.55. The van der Waals surface area contributed by atoms with E-state index in [1.807, 2.05) is 0 Å². The first-order chi connectivity index (χ1) is 24.0. The minimum atomic E-state index is -0.101. The number of furan rings is 1. The zero-order valence-electron chi connectivity index (χ0n) is 32.2. The summed E-state index contributed by atoms with van der Waals surface area (Å²) >= 11 is 0. The molecule has 2 aliphatic carbocycles. The van der Waals surface area contributed by atoms with Crippen LogP contribution in [0.15, 0.2) is 77.2 Å². The summed E-state index contributed by atoms with van der Waals surface area (Å²) in [7, 11) is 0. The molecule has 256 valence electrons. The van der Waals surface area contributed by atoms with Crippen LogP contribution in [0.4, 0.5) is 17.3 Å². The monoisotopic (exact) mass is 668 g/mol. The third kappa shape index (κ3) is 4.03. The topological polar surface area (TPSA) is 21.3 Å². The van der Waals surface area contributed by atoms with Crippen LogP contribution >= 0.6 is 0 Å². The van der Waals surface area contributed by atoms with Crippen LogP contribution in [0.3, 0.4) is 0 Å². The van der Waals surface area contributed by atoms with Crippen molar-refractivity contribution < 1.29 is 4.42 Å². The average Bonchev–Trinajstić information content (AvgIpc) is 3.73. The van der Waals surface area contributed by atoms with Crippen molar-refractivity contribution in [3.05, 3.63) is 112 Å². The van der Waals surface area contributed by atoms with Crippen LogP contribution in [0.25, 0.3) is 27.8 Å². The van der Waals surface area contributed by atoms with Crippen molar-refractivity contribution >= 4 is 51.3 Å². The quantitative estimate of drug-likeness (QED) is 0.162. The van der Waals surface area contributed by atoms with Crippen LogP contribution in [0.5, 0.6) is 0 Å². The summed E-state index contributed by atoms with van der Waals surface area (Å²) in [5, 5.41) is 1.38. The second kappa shape index (κ2) is 9.51. The van der Waals surface area contributed by atoms with Gasteiger partial charge in [0.15, 0.2) is 5.88 Å². The first-order valence-electron chi connectivity index (χ1n) is 19.0. The first-order valence-corrected chi connectivity index (χ1v) is 19.0. The summed E-state index contributed by atoms with van der Waals surface area (Å²) in [6, 6.07) is 28.4. The number of benzene rings is 4. The smallest absolute Gasteiger partial charge is 0.256 e. The van der Waals surface area contributed by atoms with Crippen LogP contribution in [0, 0.1) is 12.3 Å². The summed E-state index contributed by atoms with van der Waals surface area (Å²) in [5.74, 6) is 2.19. The maximum Gasteiger partial charge on any atom is 0.256 e. The molecule has 0 bridgehead atoms. The van der Waals surface area contributed by atoms with Crippen molar-refractivity contribution in [1.82, 2.24) is 4.57 Å². The number of anilines is 3. The highest BCUT2D eigenvalue weighted by molar-refractivity contribution is 7.00. The van der Waals surface area contributed by atoms with Crippen molar-refractivity contribution in [2.24, 2.45) is 5.41 Å². The number of rotatable bonds is 1. The van der Waals surface area contributed by atoms with Gasteiger partial charge in [-0.1, -0.05) is 118 Å². The second-order valence-electron chi connectivity index (χ2n) is 19.5. The number of para-hydroxylation sites is 1. The summed E-state index contributed by atoms with van der Waals surface area (Å²) in [4.78, 5) is 2.51. The van der Waals surface area contributed by atoms with Gasteiger partial charge in [0.2, 0.25) is 0 Å². The van der Waals surface area contributed by atoms with Gasteiger partial charge in [0, 0.05) is 45.4 Å². The molecule has 0 saturated carbocycles. The lowest BCUT2D eigenvalue weighted by Crippen LogP contribution is -2.61. The molecule has 4 aromatic carbocycles. The SMILES string of the molecule is Cc1cc2c3c(c1)-n1c4c(c5cccc(c51)B3c1c(oc3c1CC(C)(C)C3)N2c1cc(C(C)(C)C)cc(C(C)(C)C)c1)C(C)(C)c1ccccc1-4. The zero-order chi connectivity index (χ0) is 35.7. The summed E-state index contributed by atoms with van der Waals surface area (Å²) < 4.78 is 9.90. The fourth-order valence-electron chi connectivity index (χ4n) is 10.2. The molecular formula is C47H49BN2O. The lowest BCUT2D eigenvalue weighted by molar-refractivity contribution is 0.367. The maximum atomic E-state index is 7.24. The van der Waals surface area contributed by atoms with Crippen molar-refractivity contribution in [3.63, 3.8) is 0 Å². The third-order valence-corrected chi connectivity index (χ3v) is 12.7. The molecule has 51 heavy (non-hydrogen) atoms. The van der Waals surface area contributed by atoms with Gasteiger partial charge >= 0.3 is 0 Å². The van der Waals surface area contributed by atoms with Crippen LogP contribution in [0.2, 0.25) is 0 Å². The van der Waals surface area contributed by atoms with E-state index < -0.39 is 0 Å². The van der Waals surface area contributed by atoms with E-state index in [1.54, 1.807) is 0 Å². The molecule has 0 atom stereocenters. The predicted octanol–water partition coefficient (Wildman–Crippen LogP) is 10.2. The van der Waals surface area contributed by atoms with E-state index in [9.17, 15) is 0 Å². The minimum Gasteiger partial charge on any atom is -0.445 e. The molecule has 0 N–H and O–H groups in total. The maximum absolute atomic E-state index is 7.24. The van der Waals surface area contributed by atoms with Gasteiger partial charge in [-0.3, -0.25) is 4.90 Å². The van der Waals surface area contributed by atoms with E-state index in [1.165, 1.54) is 94.8 Å². The number of aromatic nitrogens is 1. The Morgan fingerprint density at radius 2 is 1.43 bits per heavy atom. The molecule has 0 amide bonds. The molecule has 0 fully saturated rings. The van der Waals surface area contributed by atoms with Crippen molar-refractivity contribution in [1.29, 1.82) is 0 Å². The molecule has 0 spiro atoms. The molecule has 6 aromatic rings. The minimum absolute atomic E-state index is 0.00538. The number of fused-ring (bicyclic) bond motifs is 11. The van der Waals surface area contributed by atoms with Crippen molar-refractivity contribution in [3.8, 4) is 16.9 Å². The molecule has 4 heteroatoms. The molecular weight excluding hydrogens is 619 g/mol. The van der Waals surface area contributed by atoms with Gasteiger partial charge in [0.05, 0.1) is 5.69 Å². The Labute approximate surface area is 303 Å². The number of hydrogen-bond acceptors (Lipinski definition) is 2. The third-order valence-electron chi connectivity index (χ3n) is 12.7. The Hall–Kier alpha value is -4.44. The molecule has 10 rings (SSSR count). The lowest BCUT2D eigenvalue weighted by atomic mass is 9.33. The Morgan fingerprint density at radius 1 is 0.745 bits per heavy atom. The fraction of sp³-hybridized carbons (Fsp3) is 0.362. The van der Waals surface area contributed by atoms with Gasteiger partial charge in [0.1, 0.15) is 5.76 Å². The van der Waals surface area contributed by atoms with Gasteiger partial charge in [-0.05, 0) is 104 Å². The van der Waals surface area contributed by atoms with Crippen LogP contribution < -0.4 is 21.3 Å². The Kier molecular flexibility index (Phi) is 5.84. The molecule has 0 radical (unpaired) electrons. The Balaban J connectivity index is 1.36. The molecule has 0 unspecified atom stereocenters. The summed E-state index contributed by atoms with van der Waals surface area (Å²) in [5.41, 5.74) is 20.4. The Morgan fingerprint density at radius 3 is 2.14 bits per heavy atom. The largest absolute Gasteiger partial charge is 0.445 e. The Bertz CT molecular complexity index is 2490. The van der Waals surface area contributed by atoms with Gasteiger partial charge < -0.3 is 8.98 Å². The zero-order valence-corrected chi connectivity index (χ0v) is 32.2. The van der Waals surface area contributed by atoms with Gasteiger partial charge in [-0.25, -0.2) is 0 Å². The first kappa shape index (κ1) is 31.3. The van der Waals surface area contributed by atoms with Gasteiger partial charge in [-0.2, -0.15) is 0 Å². The van der Waals surface area contributed by atoms with E-state index in [0.29, 0.717) is 0 Å². The normalized spacial score (nSPS) is 17.4. The van der Waals surface area contributed by atoms with E-state index in [-0.39, 0.29) is 28.4 Å². The predicted molar refractivity (Wildman–Crippen MR) is 216 cm³/mol. The molecule has 2 aromatic heterocycles. The molecule has 4 heterocycles. The average molecular weight is 669 g/mol. The standard InChI is InChI=1S/C47H49BN2O/c1-26-19-35-40-36(20-26)50-41-31(38-42(50)30-15-12-13-17-33(30)47(38,10)11)16-14-18-34(41)48(40)39-32-24-46(8,9)25-37(32)51-43(39)49(35)29-22-27(44(2,3)4)21-28(23-29)45(5,6)7/h12-23H,24-25H2,1-11H3. The fourth-order valence-corrected chi connectivity index (χ4v) is 10.2. The van der Waals surface area contributed by atoms with E-state index in [2.05, 4.69) is 158 Å². The highest BCUT2D eigenvalue weighted by Gasteiger charge is 2.50. The van der Waals surface area contributed by atoms with Gasteiger partial charge in [-0.15, -0.1) is 0 Å². The van der Waals surface area contributed by atoms with Gasteiger partial charge in [0.25, 0.3) is 6.71 Å². The molecule has 3 nitrogen and oxygen atoms in total. The number of nitrogens with zero attached hydrogens (tertiary/aromatic N) is 2. The van der Waals surface area contributed by atoms with Crippen LogP contribution in [-0.4, -0.2) is 11.3 Å².